The van der Waals surface area contributed by atoms with Crippen molar-refractivity contribution in [3.8, 4) is 0 Å². The van der Waals surface area contributed by atoms with E-state index in [9.17, 15) is 0 Å². The molecule has 0 saturated heterocycles. The summed E-state index contributed by atoms with van der Waals surface area (Å²) >= 11 is 0. The third-order valence-electron chi connectivity index (χ3n) is 0.586. The predicted molar refractivity (Wildman–Crippen MR) is 37.0 cm³/mol. The molecule has 0 amide bonds. The van der Waals surface area contributed by atoms with Crippen molar-refractivity contribution in [2.75, 3.05) is 7.11 Å². The maximum Gasteiger partial charge on any atom is 0.0319 e. The van der Waals surface area contributed by atoms with Crippen molar-refractivity contribution in [3.63, 3.8) is 0 Å². The summed E-state index contributed by atoms with van der Waals surface area (Å²) in [5, 5.41) is 7.00. The Morgan fingerprint density at radius 1 is 1.44 bits per heavy atom. The van der Waals surface area contributed by atoms with E-state index in [2.05, 4.69) is 12.2 Å². The molecule has 0 aromatic rings. The second kappa shape index (κ2) is 15.8. The van der Waals surface area contributed by atoms with Crippen molar-refractivity contribution in [2.24, 2.45) is 0 Å². The zero-order valence-electron chi connectivity index (χ0n) is 5.29. The molecule has 0 saturated carbocycles. The molecule has 0 aromatic carbocycles. The quantitative estimate of drug-likeness (QED) is 0.616. The van der Waals surface area contributed by atoms with E-state index in [4.69, 9.17) is 5.11 Å². The van der Waals surface area contributed by atoms with Crippen LogP contribution in [0, 0.1) is 6.08 Å². The fourth-order valence-corrected chi connectivity index (χ4v) is 0.340. The van der Waals surface area contributed by atoms with Gasteiger partial charge in [-0.15, -0.1) is 18.8 Å². The minimum Gasteiger partial charge on any atom is -0.400 e. The van der Waals surface area contributed by atoms with Crippen molar-refractivity contribution in [1.29, 1.82) is 0 Å². The summed E-state index contributed by atoms with van der Waals surface area (Å²) in [4.78, 5) is 0. The van der Waals surface area contributed by atoms with E-state index in [1.54, 1.807) is 0 Å². The molecule has 0 fully saturated rings. The Kier molecular flexibility index (Phi) is 28.7. The Bertz CT molecular complexity index is 71.1. The van der Waals surface area contributed by atoms with Crippen molar-refractivity contribution >= 4 is 12.4 Å². The number of halogens is 1. The molecule has 1 nitrogen and oxygen atoms in total. The SMILES string of the molecule is CO.Cl.[C-]1=CC=CC1.[Zr]. The molecule has 1 aliphatic rings. The van der Waals surface area contributed by atoms with Gasteiger partial charge in [0.15, 0.2) is 0 Å². The van der Waals surface area contributed by atoms with Gasteiger partial charge in [-0.3, -0.25) is 6.08 Å². The summed E-state index contributed by atoms with van der Waals surface area (Å²) in [5.41, 5.74) is 0. The Hall–Kier alpha value is 0.613. The summed E-state index contributed by atoms with van der Waals surface area (Å²) < 4.78 is 0. The molecule has 1 N–H and O–H groups in total. The first kappa shape index (κ1) is 16.3. The summed E-state index contributed by atoms with van der Waals surface area (Å²) in [6, 6.07) is 0. The summed E-state index contributed by atoms with van der Waals surface area (Å²) in [6.45, 7) is 0. The maximum absolute atomic E-state index is 7.00. The van der Waals surface area contributed by atoms with Crippen LogP contribution >= 0.6 is 12.4 Å². The average Bonchev–Trinajstić information content (AvgIpc) is 2.23. The molecule has 0 radical (unpaired) electrons. The van der Waals surface area contributed by atoms with E-state index < -0.39 is 0 Å². The molecule has 0 bridgehead atoms. The van der Waals surface area contributed by atoms with E-state index >= 15 is 0 Å². The molecular weight excluding hydrogens is 215 g/mol. The Balaban J connectivity index is -0.0000000836. The molecular formula is C6H10ClOZr-. The van der Waals surface area contributed by atoms with Crippen LogP contribution in [-0.2, 0) is 26.2 Å². The van der Waals surface area contributed by atoms with Gasteiger partial charge in [0, 0.05) is 33.3 Å². The predicted octanol–water partition coefficient (Wildman–Crippen LogP) is 1.33. The van der Waals surface area contributed by atoms with Gasteiger partial charge in [-0.1, -0.05) is 0 Å². The van der Waals surface area contributed by atoms with E-state index in [0.29, 0.717) is 0 Å². The molecule has 0 aliphatic heterocycles. The van der Waals surface area contributed by atoms with E-state index in [1.165, 1.54) is 0 Å². The number of allylic oxidation sites excluding steroid dienone is 4. The van der Waals surface area contributed by atoms with Crippen molar-refractivity contribution in [2.45, 2.75) is 6.42 Å². The van der Waals surface area contributed by atoms with Crippen molar-refractivity contribution < 1.29 is 31.3 Å². The molecule has 0 unspecified atom stereocenters. The molecule has 1 aliphatic carbocycles. The molecule has 1 rings (SSSR count). The second-order valence-electron chi connectivity index (χ2n) is 1.00. The molecule has 0 heterocycles. The fourth-order valence-electron chi connectivity index (χ4n) is 0.340. The summed E-state index contributed by atoms with van der Waals surface area (Å²) in [6.07, 6.45) is 10.0. The smallest absolute Gasteiger partial charge is 0.0319 e. The van der Waals surface area contributed by atoms with Gasteiger partial charge in [0.1, 0.15) is 0 Å². The first-order chi connectivity index (χ1) is 3.50. The van der Waals surface area contributed by atoms with Crippen molar-refractivity contribution in [3.05, 3.63) is 24.3 Å². The first-order valence-electron chi connectivity index (χ1n) is 2.16. The van der Waals surface area contributed by atoms with Crippen LogP contribution in [0.3, 0.4) is 0 Å². The zero-order chi connectivity index (χ0) is 5.54. The number of hydrogen-bond acceptors (Lipinski definition) is 1. The minimum atomic E-state index is 0. The van der Waals surface area contributed by atoms with E-state index in [0.717, 1.165) is 13.5 Å². The molecule has 3 heteroatoms. The van der Waals surface area contributed by atoms with Gasteiger partial charge in [-0.25, -0.2) is 12.2 Å². The van der Waals surface area contributed by atoms with Crippen LogP contribution in [0.2, 0.25) is 0 Å². The molecule has 52 valence electrons. The standard InChI is InChI=1S/C5H5.CH4O.ClH.Zr/c1-2-4-5-3-1;1-2;;/h1-3H,4H2;2H,1H3;1H;/q-1;;;. The number of aliphatic hydroxyl groups is 1. The van der Waals surface area contributed by atoms with Crippen LogP contribution in [0.4, 0.5) is 0 Å². The number of hydrogen-bond donors (Lipinski definition) is 1. The molecule has 0 spiro atoms. The third-order valence-corrected chi connectivity index (χ3v) is 0.586. The zero-order valence-corrected chi connectivity index (χ0v) is 8.57. The third kappa shape index (κ3) is 12.0. The monoisotopic (exact) mass is 223 g/mol. The minimum absolute atomic E-state index is 0. The normalized spacial score (nSPS) is 10.4. The van der Waals surface area contributed by atoms with Gasteiger partial charge in [0.25, 0.3) is 0 Å². The Morgan fingerprint density at radius 3 is 2.11 bits per heavy atom. The van der Waals surface area contributed by atoms with Crippen molar-refractivity contribution in [1.82, 2.24) is 0 Å². The summed E-state index contributed by atoms with van der Waals surface area (Å²) in [7, 11) is 1.00. The molecule has 0 aromatic heterocycles. The van der Waals surface area contributed by atoms with Gasteiger partial charge >= 0.3 is 0 Å². The van der Waals surface area contributed by atoms with Crippen LogP contribution in [0.5, 0.6) is 0 Å². The fraction of sp³-hybridized carbons (Fsp3) is 0.333. The maximum atomic E-state index is 7.00. The topological polar surface area (TPSA) is 20.2 Å². The van der Waals surface area contributed by atoms with Gasteiger partial charge in [0.2, 0.25) is 0 Å². The van der Waals surface area contributed by atoms with Gasteiger partial charge in [-0.05, 0) is 0 Å². The van der Waals surface area contributed by atoms with Crippen LogP contribution in [0.25, 0.3) is 0 Å². The van der Waals surface area contributed by atoms with E-state index in [1.807, 2.05) is 12.2 Å². The Morgan fingerprint density at radius 2 is 2.00 bits per heavy atom. The van der Waals surface area contributed by atoms with E-state index in [-0.39, 0.29) is 38.6 Å². The molecule has 0 atom stereocenters. The van der Waals surface area contributed by atoms with Crippen LogP contribution < -0.4 is 0 Å². The largest absolute Gasteiger partial charge is 0.400 e. The average molecular weight is 225 g/mol. The van der Waals surface area contributed by atoms with Gasteiger partial charge in [0.05, 0.1) is 0 Å². The van der Waals surface area contributed by atoms with Crippen LogP contribution in [0.1, 0.15) is 6.42 Å². The Labute approximate surface area is 81.4 Å². The van der Waals surface area contributed by atoms with Gasteiger partial charge in [-0.2, -0.15) is 6.08 Å². The first-order valence-corrected chi connectivity index (χ1v) is 2.16. The number of aliphatic hydroxyl groups excluding tert-OH is 1. The van der Waals surface area contributed by atoms with Crippen LogP contribution in [-0.4, -0.2) is 12.2 Å². The second-order valence-corrected chi connectivity index (χ2v) is 1.00. The number of rotatable bonds is 0. The summed E-state index contributed by atoms with van der Waals surface area (Å²) in [5.74, 6) is 0. The van der Waals surface area contributed by atoms with Gasteiger partial charge < -0.3 is 5.11 Å². The van der Waals surface area contributed by atoms with Crippen LogP contribution in [0.15, 0.2) is 18.2 Å². The molecule has 9 heavy (non-hydrogen) atoms.